The molecule has 11 nitrogen and oxygen atoms in total. The summed E-state index contributed by atoms with van der Waals surface area (Å²) >= 11 is 2.58. The molecule has 1 aliphatic rings. The maximum absolute atomic E-state index is 10.8. The van der Waals surface area contributed by atoms with Gasteiger partial charge in [0.05, 0.1) is 18.1 Å². The Kier molecular flexibility index (Phi) is 13.8. The second kappa shape index (κ2) is 17.5. The summed E-state index contributed by atoms with van der Waals surface area (Å²) in [6, 6.07) is 10.7. The van der Waals surface area contributed by atoms with Crippen LogP contribution in [-0.4, -0.2) is 82.8 Å². The first-order valence-corrected chi connectivity index (χ1v) is 16.4. The van der Waals surface area contributed by atoms with Gasteiger partial charge in [0.1, 0.15) is 32.3 Å². The molecule has 1 aliphatic carbocycles. The molecule has 4 rings (SSSR count). The Labute approximate surface area is 272 Å². The third kappa shape index (κ3) is 10.0. The molecular weight excluding hydrogens is 613 g/mol. The SMILES string of the molecule is [B]C1=CCC(c2scc(C([NH-])NC(O)c3ccc(C(O)NCc4ccc(C(O)NCCN(CCO)CCO)cc4)s3)c2O)C=C1. The van der Waals surface area contributed by atoms with Gasteiger partial charge in [0.15, 0.2) is 0 Å². The Hall–Kier alpha value is -2.44. The second-order valence-corrected chi connectivity index (χ2v) is 12.8. The number of aliphatic hydroxyl groups excluding tert-OH is 5. The average Bonchev–Trinajstić information content (AvgIpc) is 3.68. The summed E-state index contributed by atoms with van der Waals surface area (Å²) in [6.45, 7) is 2.34. The first-order valence-electron chi connectivity index (χ1n) is 14.7. The van der Waals surface area contributed by atoms with Gasteiger partial charge in [-0.25, -0.2) is 0 Å². The van der Waals surface area contributed by atoms with E-state index in [9.17, 15) is 20.4 Å². The first kappa shape index (κ1) is 35.4. The van der Waals surface area contributed by atoms with Crippen LogP contribution in [-0.2, 0) is 6.54 Å². The monoisotopic (exact) mass is 654 g/mol. The molecule has 0 saturated carbocycles. The smallest absolute Gasteiger partial charge is 0.140 e. The summed E-state index contributed by atoms with van der Waals surface area (Å²) in [5.41, 5.74) is 11.2. The van der Waals surface area contributed by atoms with Gasteiger partial charge >= 0.3 is 0 Å². The Morgan fingerprint density at radius 1 is 0.933 bits per heavy atom. The van der Waals surface area contributed by atoms with Crippen molar-refractivity contribution in [2.75, 3.05) is 39.4 Å². The Bertz CT molecular complexity index is 1400. The van der Waals surface area contributed by atoms with E-state index in [1.165, 1.54) is 22.7 Å². The van der Waals surface area contributed by atoms with Crippen LogP contribution in [0.3, 0.4) is 0 Å². The van der Waals surface area contributed by atoms with Crippen LogP contribution in [0.15, 0.2) is 65.5 Å². The summed E-state index contributed by atoms with van der Waals surface area (Å²) in [6.07, 6.45) is 2.25. The zero-order chi connectivity index (χ0) is 32.3. The number of aromatic hydroxyl groups is 1. The zero-order valence-corrected chi connectivity index (χ0v) is 26.5. The average molecular weight is 655 g/mol. The maximum Gasteiger partial charge on any atom is 0.140 e. The van der Waals surface area contributed by atoms with Crippen molar-refractivity contribution in [3.63, 3.8) is 0 Å². The van der Waals surface area contributed by atoms with Crippen molar-refractivity contribution >= 4 is 30.5 Å². The fourth-order valence-electron chi connectivity index (χ4n) is 4.90. The lowest BCUT2D eigenvalue weighted by molar-refractivity contribution is 0.122. The van der Waals surface area contributed by atoms with Gasteiger partial charge in [-0.05, 0) is 35.1 Å². The topological polar surface area (TPSA) is 185 Å². The number of nitrogens with one attached hydrogen (secondary N) is 4. The van der Waals surface area contributed by atoms with Crippen molar-refractivity contribution in [1.82, 2.24) is 20.9 Å². The molecule has 0 amide bonds. The molecule has 0 spiro atoms. The molecule has 2 radical (unpaired) electrons. The highest BCUT2D eigenvalue weighted by atomic mass is 32.1. The molecule has 5 atom stereocenters. The Balaban J connectivity index is 1.23. The maximum atomic E-state index is 10.8. The molecule has 2 aromatic heterocycles. The molecule has 10 N–H and O–H groups in total. The van der Waals surface area contributed by atoms with Crippen LogP contribution in [0.5, 0.6) is 5.75 Å². The molecule has 0 fully saturated rings. The number of aliphatic hydroxyl groups is 5. The van der Waals surface area contributed by atoms with E-state index < -0.39 is 24.8 Å². The van der Waals surface area contributed by atoms with E-state index in [-0.39, 0.29) is 24.9 Å². The summed E-state index contributed by atoms with van der Waals surface area (Å²) in [7, 11) is 5.79. The van der Waals surface area contributed by atoms with E-state index in [2.05, 4.69) is 16.0 Å². The van der Waals surface area contributed by atoms with E-state index in [0.717, 1.165) is 10.4 Å². The van der Waals surface area contributed by atoms with Gasteiger partial charge in [0.2, 0.25) is 0 Å². The predicted octanol–water partition coefficient (Wildman–Crippen LogP) is 2.59. The molecule has 0 bridgehead atoms. The van der Waals surface area contributed by atoms with Crippen molar-refractivity contribution in [3.05, 3.63) is 103 Å². The van der Waals surface area contributed by atoms with Gasteiger partial charge in [-0.15, -0.1) is 28.1 Å². The highest BCUT2D eigenvalue weighted by Gasteiger charge is 2.22. The normalized spacial score (nSPS) is 17.8. The van der Waals surface area contributed by atoms with E-state index in [1.807, 2.05) is 35.3 Å². The molecule has 0 aliphatic heterocycles. The number of thiophene rings is 2. The number of rotatable bonds is 18. The molecule has 45 heavy (non-hydrogen) atoms. The summed E-state index contributed by atoms with van der Waals surface area (Å²) in [5, 5.41) is 71.5. The highest BCUT2D eigenvalue weighted by molar-refractivity contribution is 7.12. The Morgan fingerprint density at radius 2 is 1.62 bits per heavy atom. The quantitative estimate of drug-likeness (QED) is 0.0730. The van der Waals surface area contributed by atoms with Gasteiger partial charge in [0.25, 0.3) is 0 Å². The number of hydrogen-bond acceptors (Lipinski definition) is 12. The summed E-state index contributed by atoms with van der Waals surface area (Å²) in [5.74, 6) is 0.0419. The third-order valence-electron chi connectivity index (χ3n) is 7.50. The van der Waals surface area contributed by atoms with Crippen molar-refractivity contribution < 1.29 is 30.6 Å². The molecule has 1 aromatic carbocycles. The largest absolute Gasteiger partial charge is 0.658 e. The van der Waals surface area contributed by atoms with Gasteiger partial charge < -0.3 is 41.7 Å². The van der Waals surface area contributed by atoms with Crippen LogP contribution >= 0.6 is 22.7 Å². The number of hydrogen-bond donors (Lipinski definition) is 9. The van der Waals surface area contributed by atoms with Crippen molar-refractivity contribution in [2.24, 2.45) is 0 Å². The Morgan fingerprint density at radius 3 is 2.27 bits per heavy atom. The van der Waals surface area contributed by atoms with Crippen LogP contribution in [0.25, 0.3) is 5.73 Å². The fraction of sp³-hybridized carbons (Fsp3) is 0.419. The molecule has 14 heteroatoms. The molecule has 5 unspecified atom stereocenters. The van der Waals surface area contributed by atoms with Gasteiger partial charge in [-0.3, -0.25) is 15.5 Å². The fourth-order valence-corrected chi connectivity index (χ4v) is 6.90. The minimum atomic E-state index is -1.17. The van der Waals surface area contributed by atoms with E-state index in [4.69, 9.17) is 23.8 Å². The summed E-state index contributed by atoms with van der Waals surface area (Å²) < 4.78 is 0. The van der Waals surface area contributed by atoms with Crippen LogP contribution < -0.4 is 16.0 Å². The van der Waals surface area contributed by atoms with E-state index in [0.29, 0.717) is 65.5 Å². The first-order chi connectivity index (χ1) is 21.7. The highest BCUT2D eigenvalue weighted by Crippen LogP contribution is 2.42. The van der Waals surface area contributed by atoms with Crippen LogP contribution in [0.4, 0.5) is 0 Å². The third-order valence-corrected chi connectivity index (χ3v) is 9.81. The lowest BCUT2D eigenvalue weighted by Gasteiger charge is -2.25. The molecule has 3 aromatic rings. The molecular formula is C31H41BN5O6S2-. The molecule has 0 saturated heterocycles. The molecule has 2 heterocycles. The minimum absolute atomic E-state index is 0.00320. The lowest BCUT2D eigenvalue weighted by atomic mass is 9.86. The van der Waals surface area contributed by atoms with E-state index >= 15 is 0 Å². The van der Waals surface area contributed by atoms with E-state index in [1.54, 1.807) is 29.6 Å². The standard InChI is InChI=1S/C31H41BN5O6S2/c32-22-7-5-20(6-8-22)27-26(40)23(18-44-27)28(33)36-31(43)25-10-9-24(45-25)30(42)35-17-19-1-3-21(4-2-19)29(41)34-11-12-37(13-15-38)14-16-39/h1-5,7-10,18,20,28-31,33-36,38-43H,6,11-17H2/q-1. The van der Waals surface area contributed by atoms with Gasteiger partial charge in [-0.2, -0.15) is 0 Å². The van der Waals surface area contributed by atoms with Gasteiger partial charge in [0, 0.05) is 54.0 Å². The second-order valence-electron chi connectivity index (χ2n) is 10.7. The van der Waals surface area contributed by atoms with Crippen LogP contribution in [0, 0.1) is 0 Å². The predicted molar refractivity (Wildman–Crippen MR) is 178 cm³/mol. The lowest BCUT2D eigenvalue weighted by Crippen LogP contribution is -2.37. The number of benzene rings is 1. The van der Waals surface area contributed by atoms with Crippen molar-refractivity contribution in [1.29, 1.82) is 0 Å². The van der Waals surface area contributed by atoms with Crippen LogP contribution in [0.2, 0.25) is 0 Å². The number of allylic oxidation sites excluding steroid dienone is 4. The summed E-state index contributed by atoms with van der Waals surface area (Å²) in [4.78, 5) is 3.77. The minimum Gasteiger partial charge on any atom is -0.658 e. The van der Waals surface area contributed by atoms with Crippen molar-refractivity contribution in [2.45, 2.75) is 43.7 Å². The van der Waals surface area contributed by atoms with Crippen molar-refractivity contribution in [3.8, 4) is 5.75 Å². The zero-order valence-electron chi connectivity index (χ0n) is 24.8. The van der Waals surface area contributed by atoms with Crippen LogP contribution in [0.1, 0.15) is 68.5 Å². The molecule has 242 valence electrons. The number of nitrogens with zero attached hydrogens (tertiary/aromatic N) is 1. The van der Waals surface area contributed by atoms with Gasteiger partial charge in [-0.1, -0.05) is 48.7 Å².